The summed E-state index contributed by atoms with van der Waals surface area (Å²) in [6, 6.07) is 25.9. The molecule has 0 radical (unpaired) electrons. The number of amides is 1. The molecule has 1 saturated heterocycles. The summed E-state index contributed by atoms with van der Waals surface area (Å²) in [5.41, 5.74) is 4.78. The van der Waals surface area contributed by atoms with Gasteiger partial charge in [-0.3, -0.25) is 9.69 Å². The van der Waals surface area contributed by atoms with Crippen molar-refractivity contribution in [2.75, 3.05) is 17.4 Å². The Morgan fingerprint density at radius 2 is 1.83 bits per heavy atom. The number of carbonyl (C=O) groups excluding carboxylic acids is 1. The second kappa shape index (κ2) is 10.1. The number of nitrogens with zero attached hydrogens (tertiary/aromatic N) is 3. The van der Waals surface area contributed by atoms with Crippen LogP contribution in [0.15, 0.2) is 83.4 Å². The Hall–Kier alpha value is -3.40. The predicted octanol–water partition coefficient (Wildman–Crippen LogP) is 6.45. The molecule has 35 heavy (non-hydrogen) atoms. The molecule has 2 aliphatic heterocycles. The van der Waals surface area contributed by atoms with Crippen molar-refractivity contribution in [1.29, 1.82) is 5.26 Å². The summed E-state index contributed by atoms with van der Waals surface area (Å²) < 4.78 is 5.89. The highest BCUT2D eigenvalue weighted by Crippen LogP contribution is 2.43. The van der Waals surface area contributed by atoms with Crippen molar-refractivity contribution in [2.45, 2.75) is 25.9 Å². The molecule has 0 unspecified atom stereocenters. The molecule has 7 heteroatoms. The van der Waals surface area contributed by atoms with E-state index in [0.29, 0.717) is 35.5 Å². The maximum Gasteiger partial charge on any atom is 0.229 e. The average Bonchev–Trinajstić information content (AvgIpc) is 2.89. The highest BCUT2D eigenvalue weighted by Gasteiger charge is 2.38. The molecule has 1 amide bonds. The van der Waals surface area contributed by atoms with E-state index in [1.165, 1.54) is 5.56 Å². The van der Waals surface area contributed by atoms with Crippen LogP contribution in [0.1, 0.15) is 29.0 Å². The Kier molecular flexibility index (Phi) is 6.72. The zero-order valence-corrected chi connectivity index (χ0v) is 20.9. The summed E-state index contributed by atoms with van der Waals surface area (Å²) in [7, 11) is 0. The van der Waals surface area contributed by atoms with Gasteiger partial charge in [0.05, 0.1) is 29.2 Å². The van der Waals surface area contributed by atoms with E-state index < -0.39 is 0 Å². The fourth-order valence-corrected chi connectivity index (χ4v) is 5.70. The molecule has 1 atom stereocenters. The van der Waals surface area contributed by atoms with Gasteiger partial charge in [-0.1, -0.05) is 71.4 Å². The SMILES string of the molecule is Cc1ccc(N2CSC3=C(C#N)[C@H](c4ccc(OCc5ccccc5Cl)cc4)CC(=O)N3C2)cc1. The molecule has 2 aliphatic rings. The second-order valence-electron chi connectivity index (χ2n) is 8.65. The van der Waals surface area contributed by atoms with E-state index in [1.54, 1.807) is 16.7 Å². The molecule has 176 valence electrons. The number of hydrogen-bond donors (Lipinski definition) is 0. The molecule has 5 nitrogen and oxygen atoms in total. The molecule has 0 bridgehead atoms. The van der Waals surface area contributed by atoms with Gasteiger partial charge in [-0.2, -0.15) is 5.26 Å². The number of aryl methyl sites for hydroxylation is 1. The van der Waals surface area contributed by atoms with E-state index in [9.17, 15) is 10.1 Å². The standard InChI is InChI=1S/C28H24ClN3O2S/c1-19-6-10-22(11-7-19)31-17-32-27(33)14-24(25(15-30)28(32)35-18-31)20-8-12-23(13-9-20)34-16-21-4-2-3-5-26(21)29/h2-13,24H,14,16-18H2,1H3/t24-/m0/s1. The lowest BCUT2D eigenvalue weighted by Gasteiger charge is -2.42. The smallest absolute Gasteiger partial charge is 0.229 e. The van der Waals surface area contributed by atoms with Crippen LogP contribution >= 0.6 is 23.4 Å². The molecule has 2 heterocycles. The molecule has 0 saturated carbocycles. The average molecular weight is 502 g/mol. The normalized spacial score (nSPS) is 17.7. The zero-order valence-electron chi connectivity index (χ0n) is 19.3. The number of hydrogen-bond acceptors (Lipinski definition) is 5. The molecule has 1 fully saturated rings. The molecular formula is C28H24ClN3O2S. The maximum atomic E-state index is 13.2. The molecule has 3 aromatic carbocycles. The summed E-state index contributed by atoms with van der Waals surface area (Å²) >= 11 is 7.76. The van der Waals surface area contributed by atoms with E-state index in [1.807, 2.05) is 48.5 Å². The van der Waals surface area contributed by atoms with Gasteiger partial charge in [0.15, 0.2) is 0 Å². The van der Waals surface area contributed by atoms with Gasteiger partial charge >= 0.3 is 0 Å². The number of rotatable bonds is 5. The summed E-state index contributed by atoms with van der Waals surface area (Å²) in [6.07, 6.45) is 0.272. The van der Waals surface area contributed by atoms with Crippen LogP contribution in [0.25, 0.3) is 0 Å². The number of carbonyl (C=O) groups is 1. The van der Waals surface area contributed by atoms with Crippen LogP contribution in [0, 0.1) is 18.3 Å². The van der Waals surface area contributed by atoms with Gasteiger partial charge in [-0.15, -0.1) is 0 Å². The molecule has 3 aromatic rings. The number of thioether (sulfide) groups is 1. The van der Waals surface area contributed by atoms with Crippen molar-refractivity contribution in [2.24, 2.45) is 0 Å². The lowest BCUT2D eigenvalue weighted by atomic mass is 9.86. The molecule has 0 aliphatic carbocycles. The third kappa shape index (κ3) is 4.88. The Bertz CT molecular complexity index is 1320. The fourth-order valence-electron chi connectivity index (χ4n) is 4.34. The predicted molar refractivity (Wildman–Crippen MR) is 140 cm³/mol. The minimum Gasteiger partial charge on any atom is -0.489 e. The number of anilines is 1. The number of allylic oxidation sites excluding steroid dienone is 1. The van der Waals surface area contributed by atoms with Gasteiger partial charge in [0.2, 0.25) is 5.91 Å². The highest BCUT2D eigenvalue weighted by atomic mass is 35.5. The topological polar surface area (TPSA) is 56.6 Å². The van der Waals surface area contributed by atoms with Crippen LogP contribution in [0.3, 0.4) is 0 Å². The minimum absolute atomic E-state index is 0.0346. The van der Waals surface area contributed by atoms with Crippen LogP contribution in [0.2, 0.25) is 5.02 Å². The van der Waals surface area contributed by atoms with Gasteiger partial charge in [0.25, 0.3) is 0 Å². The highest BCUT2D eigenvalue weighted by molar-refractivity contribution is 8.03. The van der Waals surface area contributed by atoms with Gasteiger partial charge < -0.3 is 9.64 Å². The molecular weight excluding hydrogens is 478 g/mol. The third-order valence-electron chi connectivity index (χ3n) is 6.33. The Morgan fingerprint density at radius 3 is 2.54 bits per heavy atom. The number of halogens is 1. The van der Waals surface area contributed by atoms with E-state index in [-0.39, 0.29) is 18.2 Å². The van der Waals surface area contributed by atoms with Crippen LogP contribution < -0.4 is 9.64 Å². The first-order valence-corrected chi connectivity index (χ1v) is 12.7. The first-order valence-electron chi connectivity index (χ1n) is 11.4. The number of nitriles is 1. The molecule has 0 spiro atoms. The minimum atomic E-state index is -0.255. The van der Waals surface area contributed by atoms with Crippen LogP contribution in [-0.2, 0) is 11.4 Å². The first-order chi connectivity index (χ1) is 17.0. The zero-order chi connectivity index (χ0) is 24.4. The molecule has 0 aromatic heterocycles. The van der Waals surface area contributed by atoms with E-state index in [4.69, 9.17) is 16.3 Å². The Labute approximate surface area is 214 Å². The van der Waals surface area contributed by atoms with Crippen molar-refractivity contribution in [1.82, 2.24) is 4.90 Å². The van der Waals surface area contributed by atoms with Crippen molar-refractivity contribution >= 4 is 35.0 Å². The first kappa shape index (κ1) is 23.3. The van der Waals surface area contributed by atoms with Crippen molar-refractivity contribution < 1.29 is 9.53 Å². The number of fused-ring (bicyclic) bond motifs is 1. The van der Waals surface area contributed by atoms with Gasteiger partial charge in [-0.25, -0.2) is 0 Å². The second-order valence-corrected chi connectivity index (χ2v) is 9.99. The number of benzene rings is 3. The van der Waals surface area contributed by atoms with Crippen LogP contribution in [-0.4, -0.2) is 23.4 Å². The lowest BCUT2D eigenvalue weighted by Crippen LogP contribution is -2.47. The van der Waals surface area contributed by atoms with E-state index >= 15 is 0 Å². The van der Waals surface area contributed by atoms with Gasteiger partial charge in [0, 0.05) is 28.6 Å². The van der Waals surface area contributed by atoms with Gasteiger partial charge in [-0.05, 0) is 42.8 Å². The summed E-state index contributed by atoms with van der Waals surface area (Å²) in [6.45, 7) is 2.88. The summed E-state index contributed by atoms with van der Waals surface area (Å²) in [4.78, 5) is 17.1. The largest absolute Gasteiger partial charge is 0.489 e. The van der Waals surface area contributed by atoms with Crippen molar-refractivity contribution in [3.8, 4) is 11.8 Å². The van der Waals surface area contributed by atoms with Gasteiger partial charge in [0.1, 0.15) is 12.4 Å². The monoisotopic (exact) mass is 501 g/mol. The Balaban J connectivity index is 1.33. The van der Waals surface area contributed by atoms with Crippen LogP contribution in [0.5, 0.6) is 5.75 Å². The number of ether oxygens (including phenoxy) is 1. The third-order valence-corrected chi connectivity index (χ3v) is 7.85. The van der Waals surface area contributed by atoms with Crippen molar-refractivity contribution in [3.05, 3.63) is 105 Å². The van der Waals surface area contributed by atoms with E-state index in [2.05, 4.69) is 42.2 Å². The summed E-state index contributed by atoms with van der Waals surface area (Å²) in [5, 5.41) is 11.5. The summed E-state index contributed by atoms with van der Waals surface area (Å²) in [5.74, 6) is 1.18. The van der Waals surface area contributed by atoms with Crippen molar-refractivity contribution in [3.63, 3.8) is 0 Å². The quantitative estimate of drug-likeness (QED) is 0.402. The lowest BCUT2D eigenvalue weighted by molar-refractivity contribution is -0.129. The van der Waals surface area contributed by atoms with E-state index in [0.717, 1.165) is 21.8 Å². The fraction of sp³-hybridized carbons (Fsp3) is 0.214. The molecule has 5 rings (SSSR count). The maximum absolute atomic E-state index is 13.2. The van der Waals surface area contributed by atoms with Crippen LogP contribution in [0.4, 0.5) is 5.69 Å². The Morgan fingerprint density at radius 1 is 1.09 bits per heavy atom. The molecule has 0 N–H and O–H groups in total.